The largest absolute Gasteiger partial charge is 0.481 e. The van der Waals surface area contributed by atoms with Crippen molar-refractivity contribution in [1.82, 2.24) is 34.5 Å². The molecule has 1 amide bonds. The Labute approximate surface area is 369 Å². The van der Waals surface area contributed by atoms with E-state index in [-0.39, 0.29) is 22.8 Å². The summed E-state index contributed by atoms with van der Waals surface area (Å²) in [5.74, 6) is -6.26. The number of nitrogens with zero attached hydrogens (tertiary/aromatic N) is 6. The van der Waals surface area contributed by atoms with E-state index in [9.17, 15) is 57.3 Å². The van der Waals surface area contributed by atoms with E-state index >= 15 is 0 Å². The number of rotatable bonds is 18. The number of esters is 6. The highest BCUT2D eigenvalue weighted by molar-refractivity contribution is 7.61. The zero-order valence-electron chi connectivity index (χ0n) is 35.5. The molecule has 3 aromatic rings. The van der Waals surface area contributed by atoms with Crippen molar-refractivity contribution < 1.29 is 104 Å². The third kappa shape index (κ3) is 13.3. The number of H-pyrrole nitrogens is 1. The first-order chi connectivity index (χ1) is 30.8. The standard InChI is InChI=1S/C33H42N8O23P2/c1-13(42)35-33-36-29-23(30(49)37-33)34-12-40(29)31-27(60-18(6)47)25(58-16(4)45)22(62-31)11-56-66(52,53)64-65(50,51)55-9-20-8-41(39-38-20)32-28(61-19(7)48)26(59-17(5)46)24(57-15(3)44)21(63-32)10-54-14(2)43/h8,12,21-22,24-28,31-32H,9-11H2,1-7H3,(H,50,51)(H,52,53)(H2,35,36,37,42,49)/t21-,22-,24+,25-,26+,27-,28-,31-,32-/m1/s1. The van der Waals surface area contributed by atoms with Crippen molar-refractivity contribution in [3.05, 3.63) is 28.6 Å². The monoisotopic (exact) mass is 980 g/mol. The Kier molecular flexibility index (Phi) is 16.3. The minimum Gasteiger partial charge on any atom is -0.463 e. The minimum absolute atomic E-state index is 0.222. The van der Waals surface area contributed by atoms with Gasteiger partial charge in [-0.2, -0.15) is 9.29 Å². The molecule has 0 saturated carbocycles. The molecule has 5 rings (SSSR count). The fourth-order valence-electron chi connectivity index (χ4n) is 6.47. The van der Waals surface area contributed by atoms with Crippen LogP contribution >= 0.6 is 15.6 Å². The van der Waals surface area contributed by atoms with E-state index in [1.54, 1.807) is 0 Å². The third-order valence-corrected chi connectivity index (χ3v) is 11.2. The van der Waals surface area contributed by atoms with Crippen LogP contribution in [0.1, 0.15) is 66.6 Å². The molecule has 0 bridgehead atoms. The first-order valence-electron chi connectivity index (χ1n) is 18.9. The zero-order valence-corrected chi connectivity index (χ0v) is 37.3. The average Bonchev–Trinajstić information content (AvgIpc) is 3.90. The number of carbonyl (C=O) groups excluding carboxylic acids is 7. The molecule has 0 aromatic carbocycles. The first-order valence-corrected chi connectivity index (χ1v) is 21.9. The van der Waals surface area contributed by atoms with Gasteiger partial charge in [-0.25, -0.2) is 18.8 Å². The number of hydrogen-bond acceptors (Lipinski definition) is 25. The predicted molar refractivity (Wildman–Crippen MR) is 206 cm³/mol. The molecule has 0 aliphatic carbocycles. The number of aromatic nitrogens is 7. The van der Waals surface area contributed by atoms with E-state index in [1.165, 1.54) is 0 Å². The summed E-state index contributed by atoms with van der Waals surface area (Å²) in [6.07, 6.45) is -11.9. The van der Waals surface area contributed by atoms with E-state index in [4.69, 9.17) is 46.9 Å². The number of ether oxygens (including phenoxy) is 8. The van der Waals surface area contributed by atoms with Gasteiger partial charge < -0.3 is 47.7 Å². The van der Waals surface area contributed by atoms with Gasteiger partial charge in [0.2, 0.25) is 11.9 Å². The summed E-state index contributed by atoms with van der Waals surface area (Å²) >= 11 is 0. The lowest BCUT2D eigenvalue weighted by Crippen LogP contribution is -2.60. The molecule has 2 aliphatic rings. The number of amides is 1. The van der Waals surface area contributed by atoms with Crippen molar-refractivity contribution in [2.45, 2.75) is 110 Å². The molecule has 3 aromatic heterocycles. The van der Waals surface area contributed by atoms with Gasteiger partial charge in [0.1, 0.15) is 31.1 Å². The molecule has 66 heavy (non-hydrogen) atoms. The number of hydrogen-bond donors (Lipinski definition) is 4. The van der Waals surface area contributed by atoms with Gasteiger partial charge in [0.05, 0.1) is 19.1 Å². The van der Waals surface area contributed by atoms with Gasteiger partial charge in [0.25, 0.3) is 5.56 Å². The van der Waals surface area contributed by atoms with Crippen LogP contribution in [0.5, 0.6) is 0 Å². The highest BCUT2D eigenvalue weighted by Crippen LogP contribution is 2.61. The number of imidazole rings is 1. The molecule has 2 aliphatic heterocycles. The molecular formula is C33H42N8O23P2. The molecule has 33 heteroatoms. The maximum Gasteiger partial charge on any atom is 0.481 e. The van der Waals surface area contributed by atoms with E-state index in [0.29, 0.717) is 0 Å². The molecule has 0 radical (unpaired) electrons. The zero-order chi connectivity index (χ0) is 48.8. The molecule has 31 nitrogen and oxygen atoms in total. The van der Waals surface area contributed by atoms with Crippen LogP contribution in [0.15, 0.2) is 17.3 Å². The van der Waals surface area contributed by atoms with Crippen LogP contribution in [0.3, 0.4) is 0 Å². The second kappa shape index (κ2) is 21.1. The lowest BCUT2D eigenvalue weighted by Gasteiger charge is -2.44. The molecule has 11 atom stereocenters. The summed E-state index contributed by atoms with van der Waals surface area (Å²) in [6, 6.07) is 0. The Morgan fingerprint density at radius 3 is 1.82 bits per heavy atom. The quantitative estimate of drug-likeness (QED) is 0.0684. The van der Waals surface area contributed by atoms with Gasteiger partial charge in [-0.15, -0.1) is 5.10 Å². The molecule has 5 heterocycles. The summed E-state index contributed by atoms with van der Waals surface area (Å²) in [5.41, 5.74) is -1.59. The van der Waals surface area contributed by atoms with E-state index < -0.39 is 138 Å². The lowest BCUT2D eigenvalue weighted by atomic mass is 9.97. The lowest BCUT2D eigenvalue weighted by molar-refractivity contribution is -0.270. The Morgan fingerprint density at radius 1 is 0.727 bits per heavy atom. The second-order valence-electron chi connectivity index (χ2n) is 14.0. The Hall–Kier alpha value is -6.04. The van der Waals surface area contributed by atoms with Crippen molar-refractivity contribution in [2.75, 3.05) is 18.5 Å². The first kappa shape index (κ1) is 51.0. The van der Waals surface area contributed by atoms with Crippen molar-refractivity contribution >= 4 is 74.5 Å². The highest BCUT2D eigenvalue weighted by Gasteiger charge is 2.54. The van der Waals surface area contributed by atoms with E-state index in [1.807, 2.05) is 0 Å². The Balaban J connectivity index is 1.32. The summed E-state index contributed by atoms with van der Waals surface area (Å²) in [4.78, 5) is 128. The van der Waals surface area contributed by atoms with Crippen LogP contribution < -0.4 is 10.9 Å². The molecule has 4 N–H and O–H groups in total. The predicted octanol–water partition coefficient (Wildman–Crippen LogP) is -0.863. The summed E-state index contributed by atoms with van der Waals surface area (Å²) in [7, 11) is -11.2. The van der Waals surface area contributed by atoms with Crippen molar-refractivity contribution in [2.24, 2.45) is 0 Å². The number of nitrogens with one attached hydrogen (secondary N) is 2. The number of carbonyl (C=O) groups is 7. The molecule has 2 saturated heterocycles. The van der Waals surface area contributed by atoms with Crippen LogP contribution in [0.2, 0.25) is 0 Å². The van der Waals surface area contributed by atoms with Gasteiger partial charge in [-0.3, -0.25) is 62.3 Å². The number of fused-ring (bicyclic) bond motifs is 1. The van der Waals surface area contributed by atoms with Gasteiger partial charge >= 0.3 is 51.5 Å². The molecular weight excluding hydrogens is 938 g/mol. The molecule has 2 unspecified atom stereocenters. The van der Waals surface area contributed by atoms with Crippen molar-refractivity contribution in [3.63, 3.8) is 0 Å². The fourth-order valence-corrected chi connectivity index (χ4v) is 8.52. The maximum atomic E-state index is 13.1. The maximum absolute atomic E-state index is 13.1. The SMILES string of the molecule is CC(=O)Nc1nc2c(ncn2[C@@H]2O[C@H](COP(=O)(O)OP(=O)(O)OCc3cn([C@@H]4O[C@H](COC(C)=O)[C@H](OC(C)=O)[C@H](OC(C)=O)[C@H]4OC(C)=O)nn3)[C@@H](OC(C)=O)[C@H]2OC(C)=O)c(=O)[nH]1. The third-order valence-electron chi connectivity index (χ3n) is 8.66. The summed E-state index contributed by atoms with van der Waals surface area (Å²) < 4.78 is 85.9. The number of phosphoric ester groups is 2. The fraction of sp³-hybridized carbons (Fsp3) is 0.576. The van der Waals surface area contributed by atoms with Crippen LogP contribution in [-0.2, 0) is 101 Å². The van der Waals surface area contributed by atoms with Gasteiger partial charge in [0, 0.05) is 48.5 Å². The molecule has 362 valence electrons. The summed E-state index contributed by atoms with van der Waals surface area (Å²) in [5, 5.41) is 9.90. The summed E-state index contributed by atoms with van der Waals surface area (Å²) in [6.45, 7) is 4.62. The Morgan fingerprint density at radius 2 is 1.24 bits per heavy atom. The Bertz CT molecular complexity index is 2510. The topological polar surface area (TPSA) is 402 Å². The van der Waals surface area contributed by atoms with Crippen LogP contribution in [0.4, 0.5) is 5.95 Å². The molecule has 2 fully saturated rings. The normalized spacial score (nSPS) is 25.7. The number of aromatic amines is 1. The number of anilines is 1. The van der Waals surface area contributed by atoms with Crippen LogP contribution in [0.25, 0.3) is 11.2 Å². The minimum atomic E-state index is -5.64. The smallest absolute Gasteiger partial charge is 0.463 e. The van der Waals surface area contributed by atoms with Gasteiger partial charge in [-0.1, -0.05) is 5.21 Å². The highest BCUT2D eigenvalue weighted by atomic mass is 31.3. The second-order valence-corrected chi connectivity index (χ2v) is 17.0. The van der Waals surface area contributed by atoms with Gasteiger partial charge in [-0.05, 0) is 0 Å². The van der Waals surface area contributed by atoms with Crippen LogP contribution in [0, 0.1) is 0 Å². The van der Waals surface area contributed by atoms with Gasteiger partial charge in [0.15, 0.2) is 54.1 Å². The van der Waals surface area contributed by atoms with E-state index in [2.05, 4.69) is 34.9 Å². The van der Waals surface area contributed by atoms with Crippen LogP contribution in [-0.4, -0.2) is 142 Å². The number of phosphoric acid groups is 2. The average molecular weight is 981 g/mol. The van der Waals surface area contributed by atoms with Crippen molar-refractivity contribution in [3.8, 4) is 0 Å². The van der Waals surface area contributed by atoms with Crippen molar-refractivity contribution in [1.29, 1.82) is 0 Å². The molecule has 0 spiro atoms. The van der Waals surface area contributed by atoms with E-state index in [0.717, 1.165) is 70.2 Å².